The van der Waals surface area contributed by atoms with Gasteiger partial charge in [-0.25, -0.2) is 0 Å². The van der Waals surface area contributed by atoms with E-state index in [4.69, 9.17) is 0 Å². The van der Waals surface area contributed by atoms with Crippen molar-refractivity contribution in [3.8, 4) is 0 Å². The molecule has 1 heterocycles. The Kier molecular flexibility index (Phi) is 3.89. The van der Waals surface area contributed by atoms with Crippen LogP contribution in [0, 0.1) is 17.8 Å². The highest BCUT2D eigenvalue weighted by Gasteiger charge is 2.38. The Morgan fingerprint density at radius 3 is 2.28 bits per heavy atom. The Morgan fingerprint density at radius 2 is 1.78 bits per heavy atom. The lowest BCUT2D eigenvalue weighted by Gasteiger charge is -2.45. The van der Waals surface area contributed by atoms with Crippen molar-refractivity contribution in [2.24, 2.45) is 10.8 Å². The molecule has 1 aromatic heterocycles. The zero-order valence-corrected chi connectivity index (χ0v) is 13.3. The molecule has 0 amide bonds. The maximum Gasteiger partial charge on any atom is 0.0218 e. The molecule has 1 N–H and O–H groups in total. The molecule has 0 atom stereocenters. The smallest absolute Gasteiger partial charge is 0.0218 e. The SMILES string of the molecule is Cc1cscc1CNC1CC(C)(C)CC(C)(C)C1. The first kappa shape index (κ1) is 14.1. The summed E-state index contributed by atoms with van der Waals surface area (Å²) >= 11 is 1.81. The second-order valence-electron chi connectivity index (χ2n) is 7.57. The quantitative estimate of drug-likeness (QED) is 0.831. The molecule has 1 aliphatic rings. The molecule has 0 unspecified atom stereocenters. The molecule has 18 heavy (non-hydrogen) atoms. The van der Waals surface area contributed by atoms with E-state index in [0.717, 1.165) is 6.54 Å². The van der Waals surface area contributed by atoms with Crippen LogP contribution in [0.25, 0.3) is 0 Å². The van der Waals surface area contributed by atoms with E-state index in [2.05, 4.69) is 50.7 Å². The van der Waals surface area contributed by atoms with Gasteiger partial charge in [-0.05, 0) is 58.9 Å². The van der Waals surface area contributed by atoms with Crippen molar-refractivity contribution in [1.82, 2.24) is 5.32 Å². The molecule has 102 valence electrons. The Balaban J connectivity index is 1.95. The third-order valence-electron chi connectivity index (χ3n) is 4.10. The molecule has 0 saturated heterocycles. The average molecular weight is 265 g/mol. The summed E-state index contributed by atoms with van der Waals surface area (Å²) in [5.74, 6) is 0. The van der Waals surface area contributed by atoms with Crippen LogP contribution in [-0.4, -0.2) is 6.04 Å². The van der Waals surface area contributed by atoms with Crippen molar-refractivity contribution in [1.29, 1.82) is 0 Å². The van der Waals surface area contributed by atoms with Crippen LogP contribution < -0.4 is 5.32 Å². The highest BCUT2D eigenvalue weighted by Crippen LogP contribution is 2.45. The topological polar surface area (TPSA) is 12.0 Å². The van der Waals surface area contributed by atoms with E-state index in [9.17, 15) is 0 Å². The van der Waals surface area contributed by atoms with Crippen molar-refractivity contribution in [2.75, 3.05) is 0 Å². The predicted molar refractivity (Wildman–Crippen MR) is 81.1 cm³/mol. The first-order valence-corrected chi connectivity index (χ1v) is 7.97. The van der Waals surface area contributed by atoms with E-state index in [1.807, 2.05) is 11.3 Å². The molecule has 1 saturated carbocycles. The largest absolute Gasteiger partial charge is 0.310 e. The van der Waals surface area contributed by atoms with Gasteiger partial charge in [-0.1, -0.05) is 27.7 Å². The fourth-order valence-corrected chi connectivity index (χ4v) is 4.67. The summed E-state index contributed by atoms with van der Waals surface area (Å²) in [6.07, 6.45) is 3.95. The molecule has 0 spiro atoms. The summed E-state index contributed by atoms with van der Waals surface area (Å²) in [5, 5.41) is 8.30. The molecule has 1 aliphatic carbocycles. The summed E-state index contributed by atoms with van der Waals surface area (Å²) in [4.78, 5) is 0. The zero-order valence-electron chi connectivity index (χ0n) is 12.5. The molecule has 1 fully saturated rings. The minimum Gasteiger partial charge on any atom is -0.310 e. The highest BCUT2D eigenvalue weighted by molar-refractivity contribution is 7.08. The minimum atomic E-state index is 0.475. The molecule has 2 heteroatoms. The Morgan fingerprint density at radius 1 is 1.17 bits per heavy atom. The Bertz CT molecular complexity index is 387. The molecular weight excluding hydrogens is 238 g/mol. The molecule has 0 radical (unpaired) electrons. The monoisotopic (exact) mass is 265 g/mol. The van der Waals surface area contributed by atoms with Crippen LogP contribution >= 0.6 is 11.3 Å². The summed E-state index contributed by atoms with van der Waals surface area (Å²) in [5.41, 5.74) is 3.86. The third kappa shape index (κ3) is 3.58. The van der Waals surface area contributed by atoms with Crippen molar-refractivity contribution < 1.29 is 0 Å². The Hall–Kier alpha value is -0.340. The van der Waals surface area contributed by atoms with Gasteiger partial charge in [0.05, 0.1) is 0 Å². The molecular formula is C16H27NS. The van der Waals surface area contributed by atoms with Gasteiger partial charge in [-0.2, -0.15) is 11.3 Å². The van der Waals surface area contributed by atoms with Gasteiger partial charge in [0.15, 0.2) is 0 Å². The van der Waals surface area contributed by atoms with E-state index < -0.39 is 0 Å². The van der Waals surface area contributed by atoms with E-state index in [-0.39, 0.29) is 0 Å². The lowest BCUT2D eigenvalue weighted by atomic mass is 9.63. The van der Waals surface area contributed by atoms with Gasteiger partial charge in [0, 0.05) is 12.6 Å². The van der Waals surface area contributed by atoms with Gasteiger partial charge >= 0.3 is 0 Å². The number of hydrogen-bond acceptors (Lipinski definition) is 2. The van der Waals surface area contributed by atoms with Crippen LogP contribution in [0.5, 0.6) is 0 Å². The summed E-state index contributed by atoms with van der Waals surface area (Å²) in [6.45, 7) is 12.9. The summed E-state index contributed by atoms with van der Waals surface area (Å²) in [6, 6.07) is 0.669. The lowest BCUT2D eigenvalue weighted by Crippen LogP contribution is -2.43. The van der Waals surface area contributed by atoms with Crippen LogP contribution in [0.1, 0.15) is 58.1 Å². The molecule has 1 aromatic rings. The van der Waals surface area contributed by atoms with Crippen molar-refractivity contribution in [2.45, 2.75) is 66.5 Å². The van der Waals surface area contributed by atoms with Crippen molar-refractivity contribution in [3.05, 3.63) is 21.9 Å². The fourth-order valence-electron chi connectivity index (χ4n) is 3.81. The van der Waals surface area contributed by atoms with Crippen LogP contribution in [0.15, 0.2) is 10.8 Å². The molecule has 1 nitrogen and oxygen atoms in total. The predicted octanol–water partition coefficient (Wildman–Crippen LogP) is 4.75. The lowest BCUT2D eigenvalue weighted by molar-refractivity contribution is 0.0845. The second kappa shape index (κ2) is 4.97. The first-order valence-electron chi connectivity index (χ1n) is 7.03. The van der Waals surface area contributed by atoms with Crippen LogP contribution in [0.4, 0.5) is 0 Å². The van der Waals surface area contributed by atoms with E-state index >= 15 is 0 Å². The van der Waals surface area contributed by atoms with Gasteiger partial charge in [0.2, 0.25) is 0 Å². The number of thiophene rings is 1. The normalized spacial score (nSPS) is 23.2. The van der Waals surface area contributed by atoms with Crippen LogP contribution in [-0.2, 0) is 6.54 Å². The second-order valence-corrected chi connectivity index (χ2v) is 8.31. The first-order chi connectivity index (χ1) is 8.27. The van der Waals surface area contributed by atoms with Gasteiger partial charge in [0.25, 0.3) is 0 Å². The molecule has 0 aliphatic heterocycles. The summed E-state index contributed by atoms with van der Waals surface area (Å²) < 4.78 is 0. The molecule has 0 aromatic carbocycles. The fraction of sp³-hybridized carbons (Fsp3) is 0.750. The van der Waals surface area contributed by atoms with E-state index in [1.54, 1.807) is 0 Å². The minimum absolute atomic E-state index is 0.475. The highest BCUT2D eigenvalue weighted by atomic mass is 32.1. The van der Waals surface area contributed by atoms with Gasteiger partial charge in [0.1, 0.15) is 0 Å². The van der Waals surface area contributed by atoms with Crippen molar-refractivity contribution >= 4 is 11.3 Å². The van der Waals surface area contributed by atoms with Crippen LogP contribution in [0.2, 0.25) is 0 Å². The number of rotatable bonds is 3. The average Bonchev–Trinajstić information content (AvgIpc) is 2.56. The van der Waals surface area contributed by atoms with Crippen molar-refractivity contribution in [3.63, 3.8) is 0 Å². The van der Waals surface area contributed by atoms with Gasteiger partial charge in [-0.3, -0.25) is 0 Å². The zero-order chi connectivity index (χ0) is 13.4. The van der Waals surface area contributed by atoms with Gasteiger partial charge in [-0.15, -0.1) is 0 Å². The maximum atomic E-state index is 3.78. The third-order valence-corrected chi connectivity index (χ3v) is 5.01. The number of hydrogen-bond donors (Lipinski definition) is 1. The maximum absolute atomic E-state index is 3.78. The number of aryl methyl sites for hydroxylation is 1. The number of nitrogens with one attached hydrogen (secondary N) is 1. The standard InChI is InChI=1S/C16H27NS/c1-12-9-18-10-13(12)8-17-14-6-15(2,3)11-16(4,5)7-14/h9-10,14,17H,6-8,11H2,1-5H3. The molecule has 2 rings (SSSR count). The summed E-state index contributed by atoms with van der Waals surface area (Å²) in [7, 11) is 0. The molecule has 0 bridgehead atoms. The Labute approximate surface area is 116 Å². The van der Waals surface area contributed by atoms with Gasteiger partial charge < -0.3 is 5.32 Å². The van der Waals surface area contributed by atoms with E-state index in [0.29, 0.717) is 16.9 Å². The van der Waals surface area contributed by atoms with Crippen LogP contribution in [0.3, 0.4) is 0 Å². The van der Waals surface area contributed by atoms with E-state index in [1.165, 1.54) is 30.4 Å².